The molecule has 0 saturated heterocycles. The number of thioether (sulfide) groups is 1. The van der Waals surface area contributed by atoms with E-state index in [2.05, 4.69) is 12.2 Å². The van der Waals surface area contributed by atoms with Gasteiger partial charge in [0.05, 0.1) is 5.75 Å². The first-order chi connectivity index (χ1) is 14.5. The van der Waals surface area contributed by atoms with Gasteiger partial charge in [-0.25, -0.2) is 0 Å². The van der Waals surface area contributed by atoms with Crippen LogP contribution in [-0.2, 0) is 21.9 Å². The molecule has 0 heterocycles. The SMILES string of the molecule is CCCCNC(=O)C(CC)N(Cc1ccccc1)C(=O)CSCc1cccc(Cl)c1. The molecule has 1 N–H and O–H groups in total. The fourth-order valence-electron chi connectivity index (χ4n) is 3.17. The van der Waals surface area contributed by atoms with Crippen molar-refractivity contribution in [3.05, 3.63) is 70.7 Å². The van der Waals surface area contributed by atoms with Crippen LogP contribution in [0.5, 0.6) is 0 Å². The van der Waals surface area contributed by atoms with Crippen molar-refractivity contribution in [1.82, 2.24) is 10.2 Å². The average molecular weight is 447 g/mol. The number of halogens is 1. The van der Waals surface area contributed by atoms with E-state index in [0.29, 0.717) is 36.0 Å². The highest BCUT2D eigenvalue weighted by molar-refractivity contribution is 7.99. The van der Waals surface area contributed by atoms with Gasteiger partial charge in [0.2, 0.25) is 11.8 Å². The molecule has 0 bridgehead atoms. The van der Waals surface area contributed by atoms with Crippen molar-refractivity contribution in [2.45, 2.75) is 51.4 Å². The van der Waals surface area contributed by atoms with E-state index >= 15 is 0 Å². The van der Waals surface area contributed by atoms with E-state index in [1.165, 1.54) is 0 Å². The van der Waals surface area contributed by atoms with E-state index in [-0.39, 0.29) is 11.8 Å². The second kappa shape index (κ2) is 13.3. The number of hydrogen-bond donors (Lipinski definition) is 1. The minimum atomic E-state index is -0.471. The van der Waals surface area contributed by atoms with Gasteiger partial charge in [-0.05, 0) is 36.1 Å². The van der Waals surface area contributed by atoms with E-state index in [1.807, 2.05) is 61.5 Å². The Balaban J connectivity index is 2.06. The maximum atomic E-state index is 13.1. The second-order valence-corrected chi connectivity index (χ2v) is 8.62. The van der Waals surface area contributed by atoms with Gasteiger partial charge in [-0.3, -0.25) is 9.59 Å². The summed E-state index contributed by atoms with van der Waals surface area (Å²) in [5, 5.41) is 3.68. The number of rotatable bonds is 12. The van der Waals surface area contributed by atoms with Crippen molar-refractivity contribution in [2.24, 2.45) is 0 Å². The Labute approximate surface area is 189 Å². The highest BCUT2D eigenvalue weighted by atomic mass is 35.5. The van der Waals surface area contributed by atoms with Gasteiger partial charge in [0, 0.05) is 23.9 Å². The number of hydrogen-bond acceptors (Lipinski definition) is 3. The summed E-state index contributed by atoms with van der Waals surface area (Å²) in [5.41, 5.74) is 2.10. The molecule has 0 aliphatic heterocycles. The zero-order chi connectivity index (χ0) is 21.8. The van der Waals surface area contributed by atoms with Gasteiger partial charge < -0.3 is 10.2 Å². The van der Waals surface area contributed by atoms with E-state index < -0.39 is 6.04 Å². The molecule has 0 aliphatic rings. The summed E-state index contributed by atoms with van der Waals surface area (Å²) in [7, 11) is 0. The van der Waals surface area contributed by atoms with Gasteiger partial charge >= 0.3 is 0 Å². The molecule has 2 rings (SSSR count). The second-order valence-electron chi connectivity index (χ2n) is 7.20. The molecule has 4 nitrogen and oxygen atoms in total. The van der Waals surface area contributed by atoms with E-state index in [9.17, 15) is 9.59 Å². The van der Waals surface area contributed by atoms with Crippen LogP contribution in [0.1, 0.15) is 44.2 Å². The van der Waals surface area contributed by atoms with E-state index in [1.54, 1.807) is 16.7 Å². The summed E-state index contributed by atoms with van der Waals surface area (Å²) in [6, 6.07) is 17.0. The van der Waals surface area contributed by atoms with Crippen LogP contribution >= 0.6 is 23.4 Å². The molecule has 1 unspecified atom stereocenters. The van der Waals surface area contributed by atoms with Gasteiger partial charge in [-0.15, -0.1) is 11.8 Å². The summed E-state index contributed by atoms with van der Waals surface area (Å²) in [6.07, 6.45) is 2.53. The third-order valence-corrected chi connectivity index (χ3v) is 6.02. The third kappa shape index (κ3) is 8.04. The van der Waals surface area contributed by atoms with Crippen LogP contribution < -0.4 is 5.32 Å². The van der Waals surface area contributed by atoms with Gasteiger partial charge in [0.25, 0.3) is 0 Å². The predicted octanol–water partition coefficient (Wildman–Crippen LogP) is 5.30. The third-order valence-electron chi connectivity index (χ3n) is 4.79. The van der Waals surface area contributed by atoms with Crippen molar-refractivity contribution >= 4 is 35.2 Å². The van der Waals surface area contributed by atoms with Crippen molar-refractivity contribution < 1.29 is 9.59 Å². The Hall–Kier alpha value is -1.98. The maximum Gasteiger partial charge on any atom is 0.242 e. The number of nitrogens with zero attached hydrogens (tertiary/aromatic N) is 1. The van der Waals surface area contributed by atoms with Gasteiger partial charge in [-0.1, -0.05) is 74.3 Å². The van der Waals surface area contributed by atoms with Crippen LogP contribution in [0.25, 0.3) is 0 Å². The monoisotopic (exact) mass is 446 g/mol. The molecule has 2 amide bonds. The maximum absolute atomic E-state index is 13.1. The van der Waals surface area contributed by atoms with Crippen LogP contribution in [-0.4, -0.2) is 35.1 Å². The molecular weight excluding hydrogens is 416 g/mol. The fraction of sp³-hybridized carbons (Fsp3) is 0.417. The first kappa shape index (κ1) is 24.3. The first-order valence-corrected chi connectivity index (χ1v) is 12.0. The number of carbonyl (C=O) groups is 2. The Morgan fingerprint density at radius 2 is 1.80 bits per heavy atom. The molecule has 0 aliphatic carbocycles. The van der Waals surface area contributed by atoms with Crippen molar-refractivity contribution in [1.29, 1.82) is 0 Å². The zero-order valence-electron chi connectivity index (χ0n) is 17.8. The lowest BCUT2D eigenvalue weighted by Gasteiger charge is -2.30. The Bertz CT molecular complexity index is 801. The summed E-state index contributed by atoms with van der Waals surface area (Å²) >= 11 is 7.59. The molecule has 0 radical (unpaired) electrons. The molecule has 0 fully saturated rings. The summed E-state index contributed by atoms with van der Waals surface area (Å²) in [5.74, 6) is 0.918. The molecule has 0 aromatic heterocycles. The summed E-state index contributed by atoms with van der Waals surface area (Å²) in [4.78, 5) is 27.7. The highest BCUT2D eigenvalue weighted by Gasteiger charge is 2.28. The number of unbranched alkanes of at least 4 members (excludes halogenated alkanes) is 1. The molecule has 0 spiro atoms. The van der Waals surface area contributed by atoms with E-state index in [0.717, 1.165) is 24.0 Å². The minimum absolute atomic E-state index is 0.0247. The topological polar surface area (TPSA) is 49.4 Å². The predicted molar refractivity (Wildman–Crippen MR) is 127 cm³/mol. The smallest absolute Gasteiger partial charge is 0.242 e. The number of carbonyl (C=O) groups excluding carboxylic acids is 2. The average Bonchev–Trinajstić information content (AvgIpc) is 2.74. The van der Waals surface area contributed by atoms with Crippen LogP contribution in [0.15, 0.2) is 54.6 Å². The largest absolute Gasteiger partial charge is 0.354 e. The molecular formula is C24H31ClN2O2S. The lowest BCUT2D eigenvalue weighted by Crippen LogP contribution is -2.49. The lowest BCUT2D eigenvalue weighted by molar-refractivity contribution is -0.139. The first-order valence-electron chi connectivity index (χ1n) is 10.5. The zero-order valence-corrected chi connectivity index (χ0v) is 19.3. The van der Waals surface area contributed by atoms with E-state index in [4.69, 9.17) is 11.6 Å². The number of nitrogens with one attached hydrogen (secondary N) is 1. The van der Waals surface area contributed by atoms with Gasteiger partial charge in [-0.2, -0.15) is 0 Å². The van der Waals surface area contributed by atoms with Crippen molar-refractivity contribution in [3.8, 4) is 0 Å². The van der Waals surface area contributed by atoms with Gasteiger partial charge in [0.15, 0.2) is 0 Å². The summed E-state index contributed by atoms with van der Waals surface area (Å²) in [6.45, 7) is 5.11. The van der Waals surface area contributed by atoms with Crippen LogP contribution in [0.3, 0.4) is 0 Å². The van der Waals surface area contributed by atoms with Crippen molar-refractivity contribution in [3.63, 3.8) is 0 Å². The lowest BCUT2D eigenvalue weighted by atomic mass is 10.1. The normalized spacial score (nSPS) is 11.7. The molecule has 1 atom stereocenters. The fourth-order valence-corrected chi connectivity index (χ4v) is 4.24. The Kier molecular flexibility index (Phi) is 10.8. The number of amides is 2. The standard InChI is InChI=1S/C24H31ClN2O2S/c1-3-5-14-26-24(29)22(4-2)27(16-19-10-7-6-8-11-19)23(28)18-30-17-20-12-9-13-21(25)15-20/h6-13,15,22H,3-5,14,16-18H2,1-2H3,(H,26,29). The molecule has 0 saturated carbocycles. The summed E-state index contributed by atoms with van der Waals surface area (Å²) < 4.78 is 0. The molecule has 6 heteroatoms. The van der Waals surface area contributed by atoms with Crippen LogP contribution in [0.4, 0.5) is 0 Å². The highest BCUT2D eigenvalue weighted by Crippen LogP contribution is 2.19. The number of benzene rings is 2. The van der Waals surface area contributed by atoms with Crippen LogP contribution in [0, 0.1) is 0 Å². The molecule has 30 heavy (non-hydrogen) atoms. The Morgan fingerprint density at radius 3 is 2.47 bits per heavy atom. The molecule has 162 valence electrons. The quantitative estimate of drug-likeness (QED) is 0.450. The van der Waals surface area contributed by atoms with Gasteiger partial charge in [0.1, 0.15) is 6.04 Å². The Morgan fingerprint density at radius 1 is 1.07 bits per heavy atom. The van der Waals surface area contributed by atoms with Crippen molar-refractivity contribution in [2.75, 3.05) is 12.3 Å². The molecule has 2 aromatic rings. The minimum Gasteiger partial charge on any atom is -0.354 e. The van der Waals surface area contributed by atoms with Crippen LogP contribution in [0.2, 0.25) is 5.02 Å². The molecule has 2 aromatic carbocycles.